The number of imidazole rings is 1. The number of nitrogens with one attached hydrogen (secondary N) is 1. The van der Waals surface area contributed by atoms with Crippen molar-refractivity contribution in [2.45, 2.75) is 18.9 Å². The van der Waals surface area contributed by atoms with Crippen LogP contribution in [0.4, 0.5) is 5.82 Å². The van der Waals surface area contributed by atoms with Crippen molar-refractivity contribution >= 4 is 5.82 Å². The molecular formula is C16H19N5O. The maximum Gasteiger partial charge on any atom is 0.142 e. The van der Waals surface area contributed by atoms with Crippen molar-refractivity contribution < 1.29 is 4.74 Å². The average molecular weight is 297 g/mol. The molecule has 114 valence electrons. The first-order valence-electron chi connectivity index (χ1n) is 7.46. The lowest BCUT2D eigenvalue weighted by Crippen LogP contribution is -2.29. The van der Waals surface area contributed by atoms with Crippen molar-refractivity contribution in [3.8, 4) is 6.07 Å². The largest absolute Gasteiger partial charge is 0.381 e. The van der Waals surface area contributed by atoms with Crippen LogP contribution in [0.25, 0.3) is 0 Å². The number of hydrogen-bond donors (Lipinski definition) is 1. The van der Waals surface area contributed by atoms with Gasteiger partial charge in [-0.2, -0.15) is 5.26 Å². The standard InChI is InChI=1S/C16H19N5O/c1-21-8-7-18-16(21)15(12-5-9-22-10-6-12)20-14-4-2-3-13(11-17)19-14/h2-4,7-8,12,15H,5-6,9-10H2,1H3,(H,19,20). The van der Waals surface area contributed by atoms with Gasteiger partial charge in [0.2, 0.25) is 0 Å². The normalized spacial score (nSPS) is 16.9. The van der Waals surface area contributed by atoms with Gasteiger partial charge in [0.15, 0.2) is 0 Å². The van der Waals surface area contributed by atoms with E-state index in [1.807, 2.05) is 36.1 Å². The average Bonchev–Trinajstić information content (AvgIpc) is 2.99. The van der Waals surface area contributed by atoms with Crippen LogP contribution < -0.4 is 5.32 Å². The number of pyridine rings is 1. The van der Waals surface area contributed by atoms with E-state index in [0.29, 0.717) is 17.4 Å². The fourth-order valence-corrected chi connectivity index (χ4v) is 2.86. The quantitative estimate of drug-likeness (QED) is 0.937. The summed E-state index contributed by atoms with van der Waals surface area (Å²) in [6.07, 6.45) is 5.73. The number of ether oxygens (including phenoxy) is 1. The van der Waals surface area contributed by atoms with E-state index in [2.05, 4.69) is 21.4 Å². The molecular weight excluding hydrogens is 278 g/mol. The smallest absolute Gasteiger partial charge is 0.142 e. The number of hydrogen-bond acceptors (Lipinski definition) is 5. The summed E-state index contributed by atoms with van der Waals surface area (Å²) in [7, 11) is 2.00. The number of rotatable bonds is 4. The van der Waals surface area contributed by atoms with Crippen molar-refractivity contribution in [1.82, 2.24) is 14.5 Å². The third-order valence-corrected chi connectivity index (χ3v) is 4.04. The molecule has 1 saturated heterocycles. The van der Waals surface area contributed by atoms with Crippen LogP contribution in [0.2, 0.25) is 0 Å². The van der Waals surface area contributed by atoms with Gasteiger partial charge in [0, 0.05) is 32.7 Å². The zero-order valence-electron chi connectivity index (χ0n) is 12.6. The Morgan fingerprint density at radius 2 is 2.23 bits per heavy atom. The molecule has 0 aliphatic carbocycles. The minimum atomic E-state index is 0.0605. The van der Waals surface area contributed by atoms with E-state index in [1.54, 1.807) is 6.07 Å². The zero-order valence-corrected chi connectivity index (χ0v) is 12.6. The Bertz CT molecular complexity index is 669. The highest BCUT2D eigenvalue weighted by atomic mass is 16.5. The van der Waals surface area contributed by atoms with E-state index in [1.165, 1.54) is 0 Å². The van der Waals surface area contributed by atoms with Crippen molar-refractivity contribution in [2.24, 2.45) is 13.0 Å². The molecule has 6 nitrogen and oxygen atoms in total. The highest BCUT2D eigenvalue weighted by Crippen LogP contribution is 2.31. The summed E-state index contributed by atoms with van der Waals surface area (Å²) in [5, 5.41) is 12.5. The number of nitriles is 1. The molecule has 3 heterocycles. The Morgan fingerprint density at radius 1 is 1.41 bits per heavy atom. The first kappa shape index (κ1) is 14.5. The van der Waals surface area contributed by atoms with Crippen LogP contribution in [0.5, 0.6) is 0 Å². The molecule has 1 aliphatic rings. The summed E-state index contributed by atoms with van der Waals surface area (Å²) in [5.41, 5.74) is 0.413. The van der Waals surface area contributed by atoms with Gasteiger partial charge in [0.05, 0.1) is 6.04 Å². The maximum atomic E-state index is 9.00. The van der Waals surface area contributed by atoms with Crippen LogP contribution >= 0.6 is 0 Å². The van der Waals surface area contributed by atoms with Crippen LogP contribution in [-0.2, 0) is 11.8 Å². The van der Waals surface area contributed by atoms with E-state index >= 15 is 0 Å². The second-order valence-corrected chi connectivity index (χ2v) is 5.49. The lowest BCUT2D eigenvalue weighted by Gasteiger charge is -2.31. The Hall–Kier alpha value is -2.39. The van der Waals surface area contributed by atoms with Gasteiger partial charge in [0.25, 0.3) is 0 Å². The summed E-state index contributed by atoms with van der Waals surface area (Å²) in [5.74, 6) is 2.12. The van der Waals surface area contributed by atoms with Crippen LogP contribution in [0.15, 0.2) is 30.6 Å². The van der Waals surface area contributed by atoms with Crippen LogP contribution in [0.3, 0.4) is 0 Å². The van der Waals surface area contributed by atoms with Gasteiger partial charge in [-0.1, -0.05) is 6.07 Å². The lowest BCUT2D eigenvalue weighted by atomic mass is 9.91. The summed E-state index contributed by atoms with van der Waals surface area (Å²) in [4.78, 5) is 8.82. The number of anilines is 1. The molecule has 3 rings (SSSR count). The first-order valence-corrected chi connectivity index (χ1v) is 7.46. The lowest BCUT2D eigenvalue weighted by molar-refractivity contribution is 0.0594. The van der Waals surface area contributed by atoms with E-state index in [9.17, 15) is 0 Å². The Morgan fingerprint density at radius 3 is 2.91 bits per heavy atom. The SMILES string of the molecule is Cn1ccnc1C(Nc1cccc(C#N)n1)C1CCOCC1. The predicted octanol–water partition coefficient (Wildman–Crippen LogP) is 2.27. The molecule has 0 bridgehead atoms. The van der Waals surface area contributed by atoms with Crippen molar-refractivity contribution in [3.05, 3.63) is 42.1 Å². The van der Waals surface area contributed by atoms with E-state index < -0.39 is 0 Å². The Labute approximate surface area is 129 Å². The fourth-order valence-electron chi connectivity index (χ4n) is 2.86. The molecule has 1 atom stereocenters. The topological polar surface area (TPSA) is 75.8 Å². The monoisotopic (exact) mass is 297 g/mol. The van der Waals surface area contributed by atoms with Gasteiger partial charge in [-0.3, -0.25) is 0 Å². The molecule has 0 amide bonds. The molecule has 1 aliphatic heterocycles. The van der Waals surface area contributed by atoms with E-state index in [0.717, 1.165) is 31.9 Å². The molecule has 0 aromatic carbocycles. The molecule has 22 heavy (non-hydrogen) atoms. The second kappa shape index (κ2) is 6.58. The first-order chi connectivity index (χ1) is 10.8. The highest BCUT2D eigenvalue weighted by molar-refractivity contribution is 5.40. The molecule has 2 aromatic heterocycles. The molecule has 6 heteroatoms. The maximum absolute atomic E-state index is 9.00. The van der Waals surface area contributed by atoms with Gasteiger partial charge in [-0.15, -0.1) is 0 Å². The Kier molecular flexibility index (Phi) is 4.35. The molecule has 0 spiro atoms. The van der Waals surface area contributed by atoms with E-state index in [-0.39, 0.29) is 6.04 Å². The van der Waals surface area contributed by atoms with Gasteiger partial charge in [-0.05, 0) is 30.9 Å². The number of aryl methyl sites for hydroxylation is 1. The number of nitrogens with zero attached hydrogens (tertiary/aromatic N) is 4. The summed E-state index contributed by atoms with van der Waals surface area (Å²) in [6.45, 7) is 1.55. The minimum Gasteiger partial charge on any atom is -0.381 e. The van der Waals surface area contributed by atoms with Crippen molar-refractivity contribution in [2.75, 3.05) is 18.5 Å². The van der Waals surface area contributed by atoms with Crippen molar-refractivity contribution in [1.29, 1.82) is 5.26 Å². The summed E-state index contributed by atoms with van der Waals surface area (Å²) in [6, 6.07) is 7.56. The molecule has 2 aromatic rings. The molecule has 1 fully saturated rings. The van der Waals surface area contributed by atoms with Crippen LogP contribution in [-0.4, -0.2) is 27.7 Å². The van der Waals surface area contributed by atoms with Gasteiger partial charge >= 0.3 is 0 Å². The van der Waals surface area contributed by atoms with Crippen molar-refractivity contribution in [3.63, 3.8) is 0 Å². The molecule has 0 saturated carbocycles. The van der Waals surface area contributed by atoms with Gasteiger partial charge in [0.1, 0.15) is 23.4 Å². The molecule has 1 N–H and O–H groups in total. The second-order valence-electron chi connectivity index (χ2n) is 5.49. The molecule has 1 unspecified atom stereocenters. The summed E-state index contributed by atoms with van der Waals surface area (Å²) >= 11 is 0. The predicted molar refractivity (Wildman–Crippen MR) is 82.1 cm³/mol. The van der Waals surface area contributed by atoms with E-state index in [4.69, 9.17) is 10.00 Å². The van der Waals surface area contributed by atoms with Crippen LogP contribution in [0, 0.1) is 17.2 Å². The number of aromatic nitrogens is 3. The minimum absolute atomic E-state index is 0.0605. The Balaban J connectivity index is 1.88. The fraction of sp³-hybridized carbons (Fsp3) is 0.438. The summed E-state index contributed by atoms with van der Waals surface area (Å²) < 4.78 is 7.50. The zero-order chi connectivity index (χ0) is 15.4. The highest BCUT2D eigenvalue weighted by Gasteiger charge is 2.28. The van der Waals surface area contributed by atoms with Gasteiger partial charge in [-0.25, -0.2) is 9.97 Å². The third-order valence-electron chi connectivity index (χ3n) is 4.04. The third kappa shape index (κ3) is 3.10. The molecule has 0 radical (unpaired) electrons. The van der Waals surface area contributed by atoms with Gasteiger partial charge < -0.3 is 14.6 Å². The van der Waals surface area contributed by atoms with Crippen LogP contribution in [0.1, 0.15) is 30.4 Å².